The van der Waals surface area contributed by atoms with Crippen LogP contribution in [0.25, 0.3) is 0 Å². The molecule has 0 aliphatic rings. The van der Waals surface area contributed by atoms with Crippen LogP contribution in [0.3, 0.4) is 0 Å². The largest absolute Gasteiger partial charge is 0.465 e. The molecule has 0 aromatic heterocycles. The maximum absolute atomic E-state index is 10.8. The summed E-state index contributed by atoms with van der Waals surface area (Å²) in [5.74, 6) is -0.399. The maximum Gasteiger partial charge on any atom is 0.337 e. The van der Waals surface area contributed by atoms with Crippen molar-refractivity contribution in [2.24, 2.45) is 0 Å². The van der Waals surface area contributed by atoms with E-state index in [-0.39, 0.29) is 0 Å². The van der Waals surface area contributed by atoms with Crippen LogP contribution in [0.15, 0.2) is 24.3 Å². The lowest BCUT2D eigenvalue weighted by molar-refractivity contribution is -0.135. The molecular weight excluding hydrogens is 156 g/mol. The Labute approximate surface area is 72.7 Å². The van der Waals surface area contributed by atoms with Crippen LogP contribution in [-0.2, 0) is 14.3 Å². The number of hydrogen-bond acceptors (Lipinski definition) is 3. The maximum atomic E-state index is 10.8. The molecule has 0 aromatic rings. The van der Waals surface area contributed by atoms with E-state index < -0.39 is 5.97 Å². The van der Waals surface area contributed by atoms with Crippen molar-refractivity contribution in [2.75, 3.05) is 20.8 Å². The summed E-state index contributed by atoms with van der Waals surface area (Å²) in [5, 5.41) is 0. The SMILES string of the molecule is C=C(C=CCCOC)C(=O)OC. The molecule has 0 saturated carbocycles. The standard InChI is InChI=1S/C9H14O3/c1-8(9(10)12-3)6-4-5-7-11-2/h4,6H,1,5,7H2,2-3H3. The van der Waals surface area contributed by atoms with Gasteiger partial charge in [0.2, 0.25) is 0 Å². The van der Waals surface area contributed by atoms with Gasteiger partial charge in [-0.2, -0.15) is 0 Å². The Morgan fingerprint density at radius 1 is 1.50 bits per heavy atom. The molecule has 0 spiro atoms. The second-order valence-corrected chi connectivity index (χ2v) is 2.20. The van der Waals surface area contributed by atoms with Gasteiger partial charge in [-0.05, 0) is 6.42 Å². The highest BCUT2D eigenvalue weighted by atomic mass is 16.5. The molecule has 0 bridgehead atoms. The quantitative estimate of drug-likeness (QED) is 0.270. The van der Waals surface area contributed by atoms with E-state index >= 15 is 0 Å². The van der Waals surface area contributed by atoms with Crippen LogP contribution in [0.2, 0.25) is 0 Å². The number of ether oxygens (including phenoxy) is 2. The smallest absolute Gasteiger partial charge is 0.337 e. The Kier molecular flexibility index (Phi) is 6.01. The molecule has 3 nitrogen and oxygen atoms in total. The van der Waals surface area contributed by atoms with Crippen molar-refractivity contribution in [2.45, 2.75) is 6.42 Å². The summed E-state index contributed by atoms with van der Waals surface area (Å²) in [6.45, 7) is 4.16. The van der Waals surface area contributed by atoms with Gasteiger partial charge in [0.05, 0.1) is 12.7 Å². The third kappa shape index (κ3) is 4.68. The molecule has 0 saturated heterocycles. The van der Waals surface area contributed by atoms with Gasteiger partial charge < -0.3 is 9.47 Å². The van der Waals surface area contributed by atoms with Gasteiger partial charge in [0.25, 0.3) is 0 Å². The van der Waals surface area contributed by atoms with E-state index in [1.165, 1.54) is 7.11 Å². The van der Waals surface area contributed by atoms with Gasteiger partial charge in [-0.1, -0.05) is 18.7 Å². The first-order valence-electron chi connectivity index (χ1n) is 3.65. The molecule has 0 unspecified atom stereocenters. The van der Waals surface area contributed by atoms with Crippen LogP contribution < -0.4 is 0 Å². The molecule has 0 radical (unpaired) electrons. The molecule has 0 atom stereocenters. The second kappa shape index (κ2) is 6.61. The first-order chi connectivity index (χ1) is 5.72. The van der Waals surface area contributed by atoms with Crippen molar-refractivity contribution in [3.63, 3.8) is 0 Å². The Bertz CT molecular complexity index is 182. The summed E-state index contributed by atoms with van der Waals surface area (Å²) < 4.78 is 9.26. The molecule has 0 aliphatic heterocycles. The molecule has 0 fully saturated rings. The van der Waals surface area contributed by atoms with Crippen molar-refractivity contribution >= 4 is 5.97 Å². The van der Waals surface area contributed by atoms with Gasteiger partial charge in [0.15, 0.2) is 0 Å². The van der Waals surface area contributed by atoms with Gasteiger partial charge in [-0.15, -0.1) is 0 Å². The molecule has 0 aromatic carbocycles. The van der Waals surface area contributed by atoms with Crippen LogP contribution >= 0.6 is 0 Å². The van der Waals surface area contributed by atoms with Crippen molar-refractivity contribution in [1.29, 1.82) is 0 Å². The van der Waals surface area contributed by atoms with E-state index in [1.54, 1.807) is 13.2 Å². The van der Waals surface area contributed by atoms with Gasteiger partial charge >= 0.3 is 5.97 Å². The third-order valence-electron chi connectivity index (χ3n) is 1.26. The summed E-state index contributed by atoms with van der Waals surface area (Å²) in [5.41, 5.74) is 0.355. The van der Waals surface area contributed by atoms with E-state index in [0.29, 0.717) is 12.2 Å². The summed E-state index contributed by atoms with van der Waals surface area (Å²) >= 11 is 0. The molecule has 0 rings (SSSR count). The molecule has 0 heterocycles. The lowest BCUT2D eigenvalue weighted by Gasteiger charge is -1.96. The van der Waals surface area contributed by atoms with Gasteiger partial charge in [-0.3, -0.25) is 0 Å². The van der Waals surface area contributed by atoms with E-state index in [1.807, 2.05) is 6.08 Å². The predicted octanol–water partition coefficient (Wildman–Crippen LogP) is 1.31. The fourth-order valence-corrected chi connectivity index (χ4v) is 0.611. The summed E-state index contributed by atoms with van der Waals surface area (Å²) in [6.07, 6.45) is 4.22. The number of carbonyl (C=O) groups excluding carboxylic acids is 1. The average Bonchev–Trinajstić information content (AvgIpc) is 2.10. The minimum absolute atomic E-state index is 0.355. The van der Waals surface area contributed by atoms with E-state index in [0.717, 1.165) is 6.42 Å². The number of rotatable bonds is 5. The van der Waals surface area contributed by atoms with Gasteiger partial charge in [0, 0.05) is 13.7 Å². The number of carbonyl (C=O) groups is 1. The zero-order valence-electron chi connectivity index (χ0n) is 7.50. The first kappa shape index (κ1) is 10.9. The average molecular weight is 170 g/mol. The third-order valence-corrected chi connectivity index (χ3v) is 1.26. The summed E-state index contributed by atoms with van der Waals surface area (Å²) in [4.78, 5) is 10.8. The minimum atomic E-state index is -0.399. The lowest BCUT2D eigenvalue weighted by Crippen LogP contribution is -2.00. The first-order valence-corrected chi connectivity index (χ1v) is 3.65. The molecule has 0 N–H and O–H groups in total. The van der Waals surface area contributed by atoms with Crippen molar-refractivity contribution in [1.82, 2.24) is 0 Å². The van der Waals surface area contributed by atoms with Crippen LogP contribution in [0, 0.1) is 0 Å². The second-order valence-electron chi connectivity index (χ2n) is 2.20. The Morgan fingerprint density at radius 3 is 2.67 bits per heavy atom. The summed E-state index contributed by atoms with van der Waals surface area (Å²) in [6, 6.07) is 0. The highest BCUT2D eigenvalue weighted by Gasteiger charge is 2.00. The molecule has 3 heteroatoms. The minimum Gasteiger partial charge on any atom is -0.465 e. The Hall–Kier alpha value is -1.09. The normalized spacial score (nSPS) is 10.2. The number of esters is 1. The zero-order valence-corrected chi connectivity index (χ0v) is 7.50. The summed E-state index contributed by atoms with van der Waals surface area (Å²) in [7, 11) is 2.96. The van der Waals surface area contributed by atoms with E-state index in [2.05, 4.69) is 11.3 Å². The van der Waals surface area contributed by atoms with Crippen LogP contribution in [-0.4, -0.2) is 26.8 Å². The highest BCUT2D eigenvalue weighted by molar-refractivity contribution is 5.90. The van der Waals surface area contributed by atoms with Crippen molar-refractivity contribution in [3.05, 3.63) is 24.3 Å². The molecule has 0 aliphatic carbocycles. The van der Waals surface area contributed by atoms with Gasteiger partial charge in [0.1, 0.15) is 0 Å². The molecule has 0 amide bonds. The fourth-order valence-electron chi connectivity index (χ4n) is 0.611. The van der Waals surface area contributed by atoms with Crippen molar-refractivity contribution < 1.29 is 14.3 Å². The van der Waals surface area contributed by atoms with Crippen LogP contribution in [0.5, 0.6) is 0 Å². The Morgan fingerprint density at radius 2 is 2.17 bits per heavy atom. The Balaban J connectivity index is 3.68. The van der Waals surface area contributed by atoms with Crippen molar-refractivity contribution in [3.8, 4) is 0 Å². The lowest BCUT2D eigenvalue weighted by atomic mass is 10.2. The monoisotopic (exact) mass is 170 g/mol. The molecule has 12 heavy (non-hydrogen) atoms. The molecular formula is C9H14O3. The molecule has 68 valence electrons. The van der Waals surface area contributed by atoms with E-state index in [4.69, 9.17) is 4.74 Å². The van der Waals surface area contributed by atoms with Gasteiger partial charge in [-0.25, -0.2) is 4.79 Å². The number of methoxy groups -OCH3 is 2. The predicted molar refractivity (Wildman–Crippen MR) is 46.8 cm³/mol. The van der Waals surface area contributed by atoms with Crippen LogP contribution in [0.1, 0.15) is 6.42 Å². The van der Waals surface area contributed by atoms with Crippen LogP contribution in [0.4, 0.5) is 0 Å². The zero-order chi connectivity index (χ0) is 9.40. The number of hydrogen-bond donors (Lipinski definition) is 0. The highest BCUT2D eigenvalue weighted by Crippen LogP contribution is 1.96. The fraction of sp³-hybridized carbons (Fsp3) is 0.444. The van der Waals surface area contributed by atoms with E-state index in [9.17, 15) is 4.79 Å². The topological polar surface area (TPSA) is 35.5 Å².